The molecule has 19 heavy (non-hydrogen) atoms. The molecule has 1 rings (SSSR count). The van der Waals surface area contributed by atoms with E-state index in [0.29, 0.717) is 19.7 Å². The molecule has 2 N–H and O–H groups in total. The van der Waals surface area contributed by atoms with E-state index in [1.54, 1.807) is 12.0 Å². The Morgan fingerprint density at radius 2 is 2.26 bits per heavy atom. The molecule has 7 heteroatoms. The third-order valence-corrected chi connectivity index (χ3v) is 2.92. The number of aliphatic carboxylic acids is 1. The Morgan fingerprint density at radius 3 is 2.74 bits per heavy atom. The van der Waals surface area contributed by atoms with E-state index < -0.39 is 12.1 Å². The molecule has 0 aromatic heterocycles. The standard InChI is InChI=1S/C12H20N2O5/c1-18-8-9-3-5-14(6-4-9)12(17)13-7-10(19-2)11(15)16/h3,10H,4-8H2,1-2H3,(H,13,17)(H,15,16). The van der Waals surface area contributed by atoms with Crippen LogP contribution >= 0.6 is 0 Å². The Hall–Kier alpha value is -1.60. The van der Waals surface area contributed by atoms with Gasteiger partial charge in [0.15, 0.2) is 6.10 Å². The van der Waals surface area contributed by atoms with E-state index in [1.165, 1.54) is 12.7 Å². The molecule has 0 saturated heterocycles. The van der Waals surface area contributed by atoms with Crippen molar-refractivity contribution in [3.63, 3.8) is 0 Å². The number of carbonyl (C=O) groups excluding carboxylic acids is 1. The first-order valence-corrected chi connectivity index (χ1v) is 6.03. The van der Waals surface area contributed by atoms with Gasteiger partial charge in [0, 0.05) is 27.3 Å². The highest BCUT2D eigenvalue weighted by Crippen LogP contribution is 2.10. The second kappa shape index (κ2) is 7.75. The number of urea groups is 1. The minimum atomic E-state index is -1.09. The molecule has 0 aromatic rings. The molecule has 1 aliphatic heterocycles. The molecule has 2 amide bonds. The van der Waals surface area contributed by atoms with E-state index in [-0.39, 0.29) is 12.6 Å². The van der Waals surface area contributed by atoms with Gasteiger partial charge in [-0.25, -0.2) is 9.59 Å². The van der Waals surface area contributed by atoms with Gasteiger partial charge in [-0.1, -0.05) is 6.08 Å². The highest BCUT2D eigenvalue weighted by molar-refractivity contribution is 5.77. The lowest BCUT2D eigenvalue weighted by molar-refractivity contribution is -0.148. The Morgan fingerprint density at radius 1 is 1.53 bits per heavy atom. The van der Waals surface area contributed by atoms with Gasteiger partial charge in [-0.15, -0.1) is 0 Å². The SMILES string of the molecule is COCC1=CCN(C(=O)NCC(OC)C(=O)O)CC1. The number of amides is 2. The summed E-state index contributed by atoms with van der Waals surface area (Å²) in [6.45, 7) is 1.65. The first-order valence-electron chi connectivity index (χ1n) is 6.03. The quantitative estimate of drug-likeness (QED) is 0.668. The predicted octanol–water partition coefficient (Wildman–Crippen LogP) is 0.0741. The lowest BCUT2D eigenvalue weighted by Gasteiger charge is -2.27. The summed E-state index contributed by atoms with van der Waals surface area (Å²) in [6, 6.07) is -0.281. The summed E-state index contributed by atoms with van der Waals surface area (Å²) in [7, 11) is 2.93. The number of rotatable bonds is 6. The molecule has 1 aliphatic rings. The largest absolute Gasteiger partial charge is 0.479 e. The second-order valence-corrected chi connectivity index (χ2v) is 4.24. The summed E-state index contributed by atoms with van der Waals surface area (Å²) >= 11 is 0. The zero-order valence-electron chi connectivity index (χ0n) is 11.2. The molecule has 108 valence electrons. The van der Waals surface area contributed by atoms with Crippen molar-refractivity contribution in [2.45, 2.75) is 12.5 Å². The number of hydrogen-bond donors (Lipinski definition) is 2. The zero-order chi connectivity index (χ0) is 14.3. The van der Waals surface area contributed by atoms with Crippen molar-refractivity contribution in [2.24, 2.45) is 0 Å². The maximum Gasteiger partial charge on any atom is 0.334 e. The second-order valence-electron chi connectivity index (χ2n) is 4.24. The van der Waals surface area contributed by atoms with Crippen LogP contribution in [-0.2, 0) is 14.3 Å². The highest BCUT2D eigenvalue weighted by atomic mass is 16.5. The van der Waals surface area contributed by atoms with Gasteiger partial charge in [-0.2, -0.15) is 0 Å². The molecule has 0 spiro atoms. The van der Waals surface area contributed by atoms with Gasteiger partial charge in [-0.3, -0.25) is 0 Å². The summed E-state index contributed by atoms with van der Waals surface area (Å²) in [4.78, 5) is 24.2. The molecule has 0 bridgehead atoms. The summed E-state index contributed by atoms with van der Waals surface area (Å²) in [5.41, 5.74) is 1.17. The van der Waals surface area contributed by atoms with Crippen LogP contribution in [0.4, 0.5) is 4.79 Å². The minimum absolute atomic E-state index is 0.0458. The Labute approximate surface area is 112 Å². The van der Waals surface area contributed by atoms with Crippen molar-refractivity contribution < 1.29 is 24.2 Å². The number of ether oxygens (including phenoxy) is 2. The number of nitrogens with one attached hydrogen (secondary N) is 1. The Bertz CT molecular complexity index is 356. The molecule has 0 saturated carbocycles. The normalized spacial score (nSPS) is 16.7. The fourth-order valence-electron chi connectivity index (χ4n) is 1.78. The van der Waals surface area contributed by atoms with Crippen molar-refractivity contribution in [3.05, 3.63) is 11.6 Å². The first-order chi connectivity index (χ1) is 9.08. The Kier molecular flexibility index (Phi) is 6.31. The number of carboxylic acids is 1. The van der Waals surface area contributed by atoms with Crippen molar-refractivity contribution >= 4 is 12.0 Å². The van der Waals surface area contributed by atoms with Crippen LogP contribution in [0.25, 0.3) is 0 Å². The van der Waals surface area contributed by atoms with Crippen LogP contribution in [0.15, 0.2) is 11.6 Å². The van der Waals surface area contributed by atoms with Crippen LogP contribution < -0.4 is 5.32 Å². The van der Waals surface area contributed by atoms with E-state index in [1.807, 2.05) is 6.08 Å². The zero-order valence-corrected chi connectivity index (χ0v) is 11.2. The van der Waals surface area contributed by atoms with Gasteiger partial charge in [-0.05, 0) is 12.0 Å². The van der Waals surface area contributed by atoms with Crippen LogP contribution in [0.1, 0.15) is 6.42 Å². The highest BCUT2D eigenvalue weighted by Gasteiger charge is 2.21. The molecule has 0 aliphatic carbocycles. The molecule has 1 heterocycles. The van der Waals surface area contributed by atoms with Crippen molar-refractivity contribution in [1.29, 1.82) is 0 Å². The fraction of sp³-hybridized carbons (Fsp3) is 0.667. The Balaban J connectivity index is 2.37. The summed E-state index contributed by atoms with van der Waals surface area (Å²) in [5, 5.41) is 11.3. The van der Waals surface area contributed by atoms with Gasteiger partial charge in [0.1, 0.15) is 0 Å². The van der Waals surface area contributed by atoms with E-state index >= 15 is 0 Å². The van der Waals surface area contributed by atoms with Crippen LogP contribution in [0.5, 0.6) is 0 Å². The van der Waals surface area contributed by atoms with Gasteiger partial charge >= 0.3 is 12.0 Å². The van der Waals surface area contributed by atoms with Gasteiger partial charge in [0.25, 0.3) is 0 Å². The number of carboxylic acid groups (broad SMARTS) is 1. The van der Waals surface area contributed by atoms with Crippen LogP contribution in [0.3, 0.4) is 0 Å². The maximum absolute atomic E-state index is 11.8. The van der Waals surface area contributed by atoms with Gasteiger partial charge < -0.3 is 24.8 Å². The number of methoxy groups -OCH3 is 2. The van der Waals surface area contributed by atoms with E-state index in [9.17, 15) is 9.59 Å². The topological polar surface area (TPSA) is 88.1 Å². The molecule has 1 atom stereocenters. The number of hydrogen-bond acceptors (Lipinski definition) is 4. The summed E-state index contributed by atoms with van der Waals surface area (Å²) in [6.07, 6.45) is 1.71. The maximum atomic E-state index is 11.8. The molecule has 0 radical (unpaired) electrons. The molecule has 1 unspecified atom stereocenters. The van der Waals surface area contributed by atoms with Crippen LogP contribution in [-0.4, -0.2) is 68.6 Å². The van der Waals surface area contributed by atoms with E-state index in [4.69, 9.17) is 14.6 Å². The van der Waals surface area contributed by atoms with Crippen LogP contribution in [0.2, 0.25) is 0 Å². The minimum Gasteiger partial charge on any atom is -0.479 e. The van der Waals surface area contributed by atoms with Gasteiger partial charge in [0.2, 0.25) is 0 Å². The number of carbonyl (C=O) groups is 2. The number of nitrogens with zero attached hydrogens (tertiary/aromatic N) is 1. The first kappa shape index (κ1) is 15.5. The third kappa shape index (κ3) is 4.88. The van der Waals surface area contributed by atoms with E-state index in [2.05, 4.69) is 5.32 Å². The van der Waals surface area contributed by atoms with E-state index in [0.717, 1.165) is 6.42 Å². The van der Waals surface area contributed by atoms with Crippen molar-refractivity contribution in [2.75, 3.05) is 40.5 Å². The molecular weight excluding hydrogens is 252 g/mol. The predicted molar refractivity (Wildman–Crippen MR) is 68.0 cm³/mol. The summed E-state index contributed by atoms with van der Waals surface area (Å²) in [5.74, 6) is -1.09. The molecule has 0 aromatic carbocycles. The van der Waals surface area contributed by atoms with Crippen molar-refractivity contribution in [3.8, 4) is 0 Å². The third-order valence-electron chi connectivity index (χ3n) is 2.92. The average molecular weight is 272 g/mol. The lowest BCUT2D eigenvalue weighted by Crippen LogP contribution is -2.46. The molecular formula is C12H20N2O5. The fourth-order valence-corrected chi connectivity index (χ4v) is 1.78. The van der Waals surface area contributed by atoms with Crippen LogP contribution in [0, 0.1) is 0 Å². The summed E-state index contributed by atoms with van der Waals surface area (Å²) < 4.78 is 9.76. The van der Waals surface area contributed by atoms with Crippen molar-refractivity contribution in [1.82, 2.24) is 10.2 Å². The average Bonchev–Trinajstić information content (AvgIpc) is 2.40. The monoisotopic (exact) mass is 272 g/mol. The molecule has 0 fully saturated rings. The molecule has 7 nitrogen and oxygen atoms in total. The van der Waals surface area contributed by atoms with Gasteiger partial charge in [0.05, 0.1) is 13.2 Å². The smallest absolute Gasteiger partial charge is 0.334 e. The lowest BCUT2D eigenvalue weighted by atomic mass is 10.1.